The largest absolute Gasteiger partial charge is 0.496 e. The van der Waals surface area contributed by atoms with Gasteiger partial charge in [-0.1, -0.05) is 73.9 Å². The molecule has 0 bridgehead atoms. The maximum atomic E-state index is 5.90. The molecule has 2 rings (SSSR count). The van der Waals surface area contributed by atoms with Crippen molar-refractivity contribution in [1.29, 1.82) is 0 Å². The van der Waals surface area contributed by atoms with Crippen LogP contribution in [-0.4, -0.2) is 71.6 Å². The number of nitrogens with zero attached hydrogens (tertiary/aromatic N) is 1. The first-order valence-electron chi connectivity index (χ1n) is 16.9. The average molecular weight is 609 g/mol. The number of benzene rings is 2. The minimum absolute atomic E-state index is 0.613. The molecular formula is C38H62N3O3+. The summed E-state index contributed by atoms with van der Waals surface area (Å²) in [5, 5.41) is 7.32. The van der Waals surface area contributed by atoms with Crippen LogP contribution >= 0.6 is 0 Å². The molecule has 0 fully saturated rings. The number of hydrogen-bond acceptors (Lipinski definition) is 5. The van der Waals surface area contributed by atoms with Gasteiger partial charge in [0.15, 0.2) is 0 Å². The molecule has 2 aromatic rings. The zero-order valence-corrected chi connectivity index (χ0v) is 28.5. The van der Waals surface area contributed by atoms with Crippen molar-refractivity contribution in [3.05, 3.63) is 89.1 Å². The molecule has 0 atom stereocenters. The minimum Gasteiger partial charge on any atom is -0.496 e. The average Bonchev–Trinajstić information content (AvgIpc) is 3.02. The predicted octanol–water partition coefficient (Wildman–Crippen LogP) is 7.57. The third-order valence-corrected chi connectivity index (χ3v) is 8.04. The summed E-state index contributed by atoms with van der Waals surface area (Å²) in [7, 11) is 6.41. The zero-order chi connectivity index (χ0) is 31.7. The number of ether oxygens (including phenoxy) is 3. The first kappa shape index (κ1) is 37.5. The Labute approximate surface area is 269 Å². The maximum absolute atomic E-state index is 5.90. The van der Waals surface area contributed by atoms with Crippen LogP contribution in [0.5, 0.6) is 5.75 Å². The number of para-hydroxylation sites is 1. The standard InChI is InChI=1S/C38H62N3O3/c1-6-7-23-37(31-39-25-16-8-10-18-30-44-33-36-22-14-15-24-38(36)42-5)40-26-28-41(3,4)27-17-9-11-19-29-43-32-35-21-13-12-20-34(35)2/h6-7,12-15,20-24,39-40H,8-11,16-19,25-33H2,1-5H3/q+1/b7-6-,37-23-. The van der Waals surface area contributed by atoms with Crippen molar-refractivity contribution in [2.45, 2.75) is 78.4 Å². The van der Waals surface area contributed by atoms with Gasteiger partial charge in [-0.25, -0.2) is 0 Å². The summed E-state index contributed by atoms with van der Waals surface area (Å²) < 4.78 is 18.2. The normalized spacial score (nSPS) is 12.2. The fourth-order valence-corrected chi connectivity index (χ4v) is 5.11. The van der Waals surface area contributed by atoms with Crippen LogP contribution in [0.1, 0.15) is 75.0 Å². The molecule has 0 spiro atoms. The topological polar surface area (TPSA) is 51.8 Å². The quantitative estimate of drug-likeness (QED) is 0.0655. The summed E-state index contributed by atoms with van der Waals surface area (Å²) in [6.45, 7) is 12.4. The van der Waals surface area contributed by atoms with Crippen LogP contribution in [0.3, 0.4) is 0 Å². The summed E-state index contributed by atoms with van der Waals surface area (Å²) in [6, 6.07) is 16.5. The lowest BCUT2D eigenvalue weighted by Gasteiger charge is -2.30. The monoisotopic (exact) mass is 608 g/mol. The van der Waals surface area contributed by atoms with Crippen molar-refractivity contribution in [2.75, 3.05) is 67.1 Å². The van der Waals surface area contributed by atoms with Gasteiger partial charge >= 0.3 is 0 Å². The molecule has 0 saturated heterocycles. The van der Waals surface area contributed by atoms with Gasteiger partial charge in [0.25, 0.3) is 0 Å². The molecule has 2 aromatic carbocycles. The van der Waals surface area contributed by atoms with Crippen LogP contribution in [0.15, 0.2) is 72.5 Å². The Hall–Kier alpha value is -2.64. The smallest absolute Gasteiger partial charge is 0.124 e. The fourth-order valence-electron chi connectivity index (χ4n) is 5.11. The van der Waals surface area contributed by atoms with Crippen molar-refractivity contribution < 1.29 is 18.7 Å². The van der Waals surface area contributed by atoms with E-state index in [0.717, 1.165) is 74.6 Å². The molecule has 0 aliphatic heterocycles. The number of likely N-dealkylation sites (N-methyl/N-ethyl adjacent to an activating group) is 1. The minimum atomic E-state index is 0.613. The van der Waals surface area contributed by atoms with Crippen molar-refractivity contribution in [1.82, 2.24) is 10.6 Å². The number of aryl methyl sites for hydroxylation is 1. The summed E-state index contributed by atoms with van der Waals surface area (Å²) in [4.78, 5) is 0. The molecule has 2 N–H and O–H groups in total. The Bertz CT molecular complexity index is 1070. The molecule has 44 heavy (non-hydrogen) atoms. The lowest BCUT2D eigenvalue weighted by molar-refractivity contribution is -0.889. The molecule has 0 aromatic heterocycles. The number of quaternary nitrogens is 1. The summed E-state index contributed by atoms with van der Waals surface area (Å²) >= 11 is 0. The Balaban J connectivity index is 1.47. The van der Waals surface area contributed by atoms with E-state index in [1.165, 1.54) is 61.9 Å². The molecule has 0 aliphatic rings. The molecule has 6 heteroatoms. The van der Waals surface area contributed by atoms with Gasteiger partial charge in [0.05, 0.1) is 54.1 Å². The van der Waals surface area contributed by atoms with Gasteiger partial charge < -0.3 is 29.3 Å². The van der Waals surface area contributed by atoms with Crippen LogP contribution in [0, 0.1) is 6.92 Å². The Morgan fingerprint density at radius 2 is 1.39 bits per heavy atom. The third kappa shape index (κ3) is 17.6. The van der Waals surface area contributed by atoms with E-state index in [0.29, 0.717) is 6.61 Å². The van der Waals surface area contributed by atoms with Crippen LogP contribution in [0.4, 0.5) is 0 Å². The Morgan fingerprint density at radius 3 is 2.09 bits per heavy atom. The van der Waals surface area contributed by atoms with E-state index < -0.39 is 0 Å². The first-order valence-corrected chi connectivity index (χ1v) is 16.9. The Morgan fingerprint density at radius 1 is 0.750 bits per heavy atom. The van der Waals surface area contributed by atoms with E-state index >= 15 is 0 Å². The molecule has 0 unspecified atom stereocenters. The zero-order valence-electron chi connectivity index (χ0n) is 28.5. The predicted molar refractivity (Wildman–Crippen MR) is 186 cm³/mol. The number of hydrogen-bond donors (Lipinski definition) is 2. The van der Waals surface area contributed by atoms with E-state index in [2.05, 4.69) is 87.1 Å². The van der Waals surface area contributed by atoms with Crippen molar-refractivity contribution >= 4 is 0 Å². The highest BCUT2D eigenvalue weighted by molar-refractivity contribution is 5.32. The van der Waals surface area contributed by atoms with Gasteiger partial charge in [-0.2, -0.15) is 0 Å². The fraction of sp³-hybridized carbons (Fsp3) is 0.579. The SMILES string of the molecule is C/C=C\C=C(\CNCCCCCCOCc1ccccc1OC)NCC[N+](C)(C)CCCCCCOCc1ccccc1C. The van der Waals surface area contributed by atoms with Gasteiger partial charge in [0.2, 0.25) is 0 Å². The van der Waals surface area contributed by atoms with Crippen LogP contribution in [-0.2, 0) is 22.7 Å². The molecule has 0 radical (unpaired) electrons. The van der Waals surface area contributed by atoms with Gasteiger partial charge in [-0.05, 0) is 75.8 Å². The number of nitrogens with one attached hydrogen (secondary N) is 2. The molecule has 0 aliphatic carbocycles. The van der Waals surface area contributed by atoms with Crippen LogP contribution in [0.25, 0.3) is 0 Å². The van der Waals surface area contributed by atoms with Crippen molar-refractivity contribution in [3.63, 3.8) is 0 Å². The van der Waals surface area contributed by atoms with Crippen LogP contribution < -0.4 is 15.4 Å². The third-order valence-electron chi connectivity index (χ3n) is 8.04. The number of rotatable bonds is 26. The van der Waals surface area contributed by atoms with Gasteiger partial charge in [0.1, 0.15) is 5.75 Å². The molecular weight excluding hydrogens is 546 g/mol. The van der Waals surface area contributed by atoms with E-state index in [1.54, 1.807) is 7.11 Å². The lowest BCUT2D eigenvalue weighted by atomic mass is 10.1. The van der Waals surface area contributed by atoms with Crippen LogP contribution in [0.2, 0.25) is 0 Å². The van der Waals surface area contributed by atoms with E-state index in [1.807, 2.05) is 18.2 Å². The number of methoxy groups -OCH3 is 1. The highest BCUT2D eigenvalue weighted by Gasteiger charge is 2.14. The molecule has 0 heterocycles. The highest BCUT2D eigenvalue weighted by Crippen LogP contribution is 2.18. The highest BCUT2D eigenvalue weighted by atomic mass is 16.5. The lowest BCUT2D eigenvalue weighted by Crippen LogP contribution is -2.45. The molecule has 0 saturated carbocycles. The molecule has 0 amide bonds. The van der Waals surface area contributed by atoms with Crippen molar-refractivity contribution in [3.8, 4) is 5.75 Å². The van der Waals surface area contributed by atoms with Gasteiger partial charge in [-0.15, -0.1) is 0 Å². The van der Waals surface area contributed by atoms with E-state index in [9.17, 15) is 0 Å². The summed E-state index contributed by atoms with van der Waals surface area (Å²) in [6.07, 6.45) is 16.0. The maximum Gasteiger partial charge on any atom is 0.124 e. The Kier molecular flexibility index (Phi) is 20.2. The second-order valence-corrected chi connectivity index (χ2v) is 12.4. The summed E-state index contributed by atoms with van der Waals surface area (Å²) in [5.74, 6) is 0.900. The van der Waals surface area contributed by atoms with E-state index in [-0.39, 0.29) is 0 Å². The molecule has 6 nitrogen and oxygen atoms in total. The van der Waals surface area contributed by atoms with Gasteiger partial charge in [-0.3, -0.25) is 0 Å². The molecule has 246 valence electrons. The number of unbranched alkanes of at least 4 members (excludes halogenated alkanes) is 6. The summed E-state index contributed by atoms with van der Waals surface area (Å²) in [5.41, 5.74) is 4.99. The second kappa shape index (κ2) is 23.7. The van der Waals surface area contributed by atoms with Crippen molar-refractivity contribution in [2.24, 2.45) is 0 Å². The van der Waals surface area contributed by atoms with E-state index in [4.69, 9.17) is 14.2 Å². The van der Waals surface area contributed by atoms with Gasteiger partial charge in [0, 0.05) is 31.0 Å². The number of allylic oxidation sites excluding steroid dienone is 3. The second-order valence-electron chi connectivity index (χ2n) is 12.4. The first-order chi connectivity index (χ1) is 21.4.